The summed E-state index contributed by atoms with van der Waals surface area (Å²) in [6.45, 7) is 1.51. The molecule has 4 aromatic heterocycles. The zero-order valence-electron chi connectivity index (χ0n) is 14.9. The number of aryl methyl sites for hydroxylation is 1. The Hall–Kier alpha value is -3.34. The Bertz CT molecular complexity index is 1110. The fourth-order valence-corrected chi connectivity index (χ4v) is 4.16. The molecule has 0 fully saturated rings. The van der Waals surface area contributed by atoms with E-state index < -0.39 is 5.82 Å². The van der Waals surface area contributed by atoms with Crippen LogP contribution < -0.4 is 10.2 Å². The molecule has 142 valence electrons. The molecule has 1 aliphatic rings. The normalized spacial score (nSPS) is 13.1. The quantitative estimate of drug-likeness (QED) is 0.546. The fraction of sp³-hybridized carbons (Fsp3) is 0.235. The van der Waals surface area contributed by atoms with Crippen LogP contribution in [0.4, 0.5) is 21.3 Å². The highest BCUT2D eigenvalue weighted by atomic mass is 32.1. The van der Waals surface area contributed by atoms with Crippen LogP contribution in [-0.4, -0.2) is 41.2 Å². The lowest BCUT2D eigenvalue weighted by Gasteiger charge is -2.21. The zero-order chi connectivity index (χ0) is 19.1. The van der Waals surface area contributed by atoms with Crippen molar-refractivity contribution in [2.45, 2.75) is 13.0 Å². The summed E-state index contributed by atoms with van der Waals surface area (Å²) in [5.74, 6) is 0.769. The highest BCUT2D eigenvalue weighted by molar-refractivity contribution is 7.16. The first-order valence-corrected chi connectivity index (χ1v) is 9.47. The number of nitrogens with zero attached hydrogens (tertiary/aromatic N) is 7. The molecule has 5 heterocycles. The van der Waals surface area contributed by atoms with E-state index in [1.165, 1.54) is 0 Å². The van der Waals surface area contributed by atoms with Gasteiger partial charge in [-0.05, 0) is 0 Å². The molecule has 9 nitrogen and oxygen atoms in total. The zero-order valence-corrected chi connectivity index (χ0v) is 15.7. The SMILES string of the molecule is Cn1cnc(CN2CCc3sc(Nc4ncc(F)cn4)nc3-c3cn[nH]c32)c1. The number of thiazole rings is 1. The minimum absolute atomic E-state index is 0.314. The van der Waals surface area contributed by atoms with Gasteiger partial charge >= 0.3 is 0 Å². The van der Waals surface area contributed by atoms with E-state index in [1.54, 1.807) is 23.9 Å². The van der Waals surface area contributed by atoms with Gasteiger partial charge in [-0.15, -0.1) is 11.3 Å². The standard InChI is InChI=1S/C17H16FN9S/c1-26-7-11(21-9-26)8-27-3-2-13-14(12-6-22-25-15(12)27)23-17(28-13)24-16-19-4-10(18)5-20-16/h4-7,9H,2-3,8H2,1H3,(H,22,25)(H,19,20,23,24). The van der Waals surface area contributed by atoms with Gasteiger partial charge < -0.3 is 14.8 Å². The summed E-state index contributed by atoms with van der Waals surface area (Å²) >= 11 is 1.54. The van der Waals surface area contributed by atoms with Crippen LogP contribution in [0.2, 0.25) is 0 Å². The Balaban J connectivity index is 1.43. The average Bonchev–Trinajstić information content (AvgIpc) is 3.39. The van der Waals surface area contributed by atoms with E-state index in [2.05, 4.69) is 35.4 Å². The molecule has 0 amide bonds. The smallest absolute Gasteiger partial charge is 0.229 e. The topological polar surface area (TPSA) is 100 Å². The van der Waals surface area contributed by atoms with Gasteiger partial charge in [0.1, 0.15) is 5.82 Å². The van der Waals surface area contributed by atoms with Crippen molar-refractivity contribution in [3.05, 3.63) is 47.5 Å². The number of aromatic nitrogens is 7. The molecule has 28 heavy (non-hydrogen) atoms. The Morgan fingerprint density at radius 2 is 2.11 bits per heavy atom. The maximum Gasteiger partial charge on any atom is 0.229 e. The van der Waals surface area contributed by atoms with Crippen LogP contribution in [0.15, 0.2) is 31.1 Å². The molecule has 0 unspecified atom stereocenters. The summed E-state index contributed by atoms with van der Waals surface area (Å²) < 4.78 is 14.9. The molecule has 0 radical (unpaired) electrons. The molecular formula is C17H16FN9S. The molecule has 0 saturated carbocycles. The van der Waals surface area contributed by atoms with E-state index in [0.29, 0.717) is 17.6 Å². The number of nitrogens with one attached hydrogen (secondary N) is 2. The predicted molar refractivity (Wildman–Crippen MR) is 103 cm³/mol. The van der Waals surface area contributed by atoms with Gasteiger partial charge in [-0.3, -0.25) is 5.10 Å². The van der Waals surface area contributed by atoms with Gasteiger partial charge in [-0.1, -0.05) is 0 Å². The molecule has 0 bridgehead atoms. The first kappa shape index (κ1) is 16.8. The van der Waals surface area contributed by atoms with Gasteiger partial charge in [0.15, 0.2) is 10.9 Å². The van der Waals surface area contributed by atoms with Gasteiger partial charge in [0.2, 0.25) is 5.95 Å². The largest absolute Gasteiger partial charge is 0.350 e. The predicted octanol–water partition coefficient (Wildman–Crippen LogP) is 2.50. The van der Waals surface area contributed by atoms with Crippen LogP contribution in [0, 0.1) is 5.82 Å². The van der Waals surface area contributed by atoms with Gasteiger partial charge in [0.05, 0.1) is 48.4 Å². The number of H-pyrrole nitrogens is 1. The second-order valence-corrected chi connectivity index (χ2v) is 7.56. The lowest BCUT2D eigenvalue weighted by Crippen LogP contribution is -2.25. The highest BCUT2D eigenvalue weighted by Crippen LogP contribution is 2.39. The van der Waals surface area contributed by atoms with Gasteiger partial charge in [0.25, 0.3) is 0 Å². The summed E-state index contributed by atoms with van der Waals surface area (Å²) in [6, 6.07) is 0. The maximum atomic E-state index is 13.0. The highest BCUT2D eigenvalue weighted by Gasteiger charge is 2.26. The number of hydrogen-bond acceptors (Lipinski definition) is 8. The molecule has 0 atom stereocenters. The maximum absolute atomic E-state index is 13.0. The van der Waals surface area contributed by atoms with Gasteiger partial charge in [-0.25, -0.2) is 24.3 Å². The van der Waals surface area contributed by atoms with E-state index in [0.717, 1.165) is 53.0 Å². The summed E-state index contributed by atoms with van der Waals surface area (Å²) in [5, 5.41) is 11.0. The molecular weight excluding hydrogens is 381 g/mol. The van der Waals surface area contributed by atoms with Crippen molar-refractivity contribution >= 4 is 28.2 Å². The Morgan fingerprint density at radius 3 is 2.89 bits per heavy atom. The Morgan fingerprint density at radius 1 is 1.25 bits per heavy atom. The van der Waals surface area contributed by atoms with Gasteiger partial charge in [-0.2, -0.15) is 5.10 Å². The first-order valence-electron chi connectivity index (χ1n) is 8.65. The minimum atomic E-state index is -0.475. The van der Waals surface area contributed by atoms with Crippen LogP contribution in [0.3, 0.4) is 0 Å². The lowest BCUT2D eigenvalue weighted by atomic mass is 10.2. The molecule has 0 aliphatic carbocycles. The van der Waals surface area contributed by atoms with Crippen LogP contribution in [0.1, 0.15) is 10.6 Å². The third-order valence-electron chi connectivity index (χ3n) is 4.45. The number of aromatic amines is 1. The van der Waals surface area contributed by atoms with Crippen molar-refractivity contribution in [3.8, 4) is 11.3 Å². The number of halogens is 1. The summed E-state index contributed by atoms with van der Waals surface area (Å²) in [4.78, 5) is 20.4. The second-order valence-electron chi connectivity index (χ2n) is 6.48. The average molecular weight is 397 g/mol. The monoisotopic (exact) mass is 397 g/mol. The molecule has 2 N–H and O–H groups in total. The molecule has 5 rings (SSSR count). The number of hydrogen-bond donors (Lipinski definition) is 2. The van der Waals surface area contributed by atoms with Crippen LogP contribution >= 0.6 is 11.3 Å². The number of fused-ring (bicyclic) bond motifs is 3. The Kier molecular flexibility index (Phi) is 4.01. The van der Waals surface area contributed by atoms with Crippen LogP contribution in [0.5, 0.6) is 0 Å². The molecule has 0 spiro atoms. The Labute approximate surface area is 163 Å². The molecule has 0 aromatic carbocycles. The van der Waals surface area contributed by atoms with E-state index in [-0.39, 0.29) is 0 Å². The summed E-state index contributed by atoms with van der Waals surface area (Å²) in [7, 11) is 1.96. The van der Waals surface area contributed by atoms with E-state index >= 15 is 0 Å². The number of anilines is 3. The van der Waals surface area contributed by atoms with Gasteiger partial charge in [0, 0.05) is 31.1 Å². The van der Waals surface area contributed by atoms with Crippen molar-refractivity contribution in [3.63, 3.8) is 0 Å². The van der Waals surface area contributed by atoms with Crippen LogP contribution in [0.25, 0.3) is 11.3 Å². The van der Waals surface area contributed by atoms with E-state index in [1.807, 2.05) is 17.8 Å². The van der Waals surface area contributed by atoms with E-state index in [9.17, 15) is 4.39 Å². The molecule has 11 heteroatoms. The summed E-state index contributed by atoms with van der Waals surface area (Å²) in [5.41, 5.74) is 2.84. The van der Waals surface area contributed by atoms with Crippen molar-refractivity contribution in [1.29, 1.82) is 0 Å². The van der Waals surface area contributed by atoms with Crippen molar-refractivity contribution in [2.75, 3.05) is 16.8 Å². The second kappa shape index (κ2) is 6.68. The van der Waals surface area contributed by atoms with E-state index in [4.69, 9.17) is 4.98 Å². The first-order chi connectivity index (χ1) is 13.7. The van der Waals surface area contributed by atoms with Crippen LogP contribution in [-0.2, 0) is 20.0 Å². The minimum Gasteiger partial charge on any atom is -0.350 e. The lowest BCUT2D eigenvalue weighted by molar-refractivity contribution is 0.614. The number of rotatable bonds is 4. The van der Waals surface area contributed by atoms with Crippen molar-refractivity contribution < 1.29 is 4.39 Å². The summed E-state index contributed by atoms with van der Waals surface area (Å²) in [6.07, 6.45) is 8.70. The fourth-order valence-electron chi connectivity index (χ4n) is 3.20. The molecule has 1 aliphatic heterocycles. The third-order valence-corrected chi connectivity index (χ3v) is 5.48. The van der Waals surface area contributed by atoms with Crippen molar-refractivity contribution in [2.24, 2.45) is 7.05 Å². The van der Waals surface area contributed by atoms with Crippen molar-refractivity contribution in [1.82, 2.24) is 34.7 Å². The third kappa shape index (κ3) is 3.09. The molecule has 0 saturated heterocycles. The number of imidazole rings is 1. The molecule has 4 aromatic rings.